The van der Waals surface area contributed by atoms with E-state index in [-0.39, 0.29) is 5.97 Å². The minimum Gasteiger partial charge on any atom is -0.465 e. The fourth-order valence-electron chi connectivity index (χ4n) is 2.62. The highest BCUT2D eigenvalue weighted by atomic mass is 32.1. The zero-order valence-electron chi connectivity index (χ0n) is 11.9. The van der Waals surface area contributed by atoms with Crippen LogP contribution in [0.5, 0.6) is 0 Å². The number of thiazole rings is 1. The van der Waals surface area contributed by atoms with Gasteiger partial charge < -0.3 is 9.64 Å². The van der Waals surface area contributed by atoms with Crippen LogP contribution in [0.2, 0.25) is 0 Å². The van der Waals surface area contributed by atoms with Crippen LogP contribution in [0.1, 0.15) is 48.0 Å². The number of rotatable bonds is 4. The minimum absolute atomic E-state index is 0.276. The SMILES string of the molecule is CCCC1CCN(c2nc(C)c(C(=O)OC)s2)CC1. The molecule has 2 heterocycles. The van der Waals surface area contributed by atoms with E-state index in [9.17, 15) is 4.79 Å². The summed E-state index contributed by atoms with van der Waals surface area (Å²) in [4.78, 5) is 19.0. The van der Waals surface area contributed by atoms with Crippen molar-refractivity contribution in [1.29, 1.82) is 0 Å². The molecule has 0 amide bonds. The molecule has 0 N–H and O–H groups in total. The van der Waals surface area contributed by atoms with E-state index in [0.29, 0.717) is 4.88 Å². The fraction of sp³-hybridized carbons (Fsp3) is 0.714. The van der Waals surface area contributed by atoms with E-state index in [2.05, 4.69) is 16.8 Å². The molecule has 4 nitrogen and oxygen atoms in total. The van der Waals surface area contributed by atoms with Gasteiger partial charge in [-0.15, -0.1) is 0 Å². The molecule has 106 valence electrons. The summed E-state index contributed by atoms with van der Waals surface area (Å²) in [6.45, 7) is 6.23. The summed E-state index contributed by atoms with van der Waals surface area (Å²) in [7, 11) is 1.41. The van der Waals surface area contributed by atoms with Gasteiger partial charge in [-0.05, 0) is 25.7 Å². The Kier molecular flexibility index (Phi) is 4.80. The summed E-state index contributed by atoms with van der Waals surface area (Å²) in [6.07, 6.45) is 5.08. The third kappa shape index (κ3) is 3.26. The molecule has 1 aliphatic rings. The molecule has 0 bridgehead atoms. The molecule has 19 heavy (non-hydrogen) atoms. The highest BCUT2D eigenvalue weighted by Gasteiger charge is 2.23. The molecule has 5 heteroatoms. The Labute approximate surface area is 118 Å². The van der Waals surface area contributed by atoms with Crippen LogP contribution in [0.15, 0.2) is 0 Å². The summed E-state index contributed by atoms with van der Waals surface area (Å²) in [6, 6.07) is 0. The smallest absolute Gasteiger partial charge is 0.350 e. The number of carbonyl (C=O) groups is 1. The van der Waals surface area contributed by atoms with Crippen LogP contribution >= 0.6 is 11.3 Å². The first-order valence-corrected chi connectivity index (χ1v) is 7.78. The lowest BCUT2D eigenvalue weighted by molar-refractivity contribution is 0.0605. The number of hydrogen-bond acceptors (Lipinski definition) is 5. The normalized spacial score (nSPS) is 16.7. The number of nitrogens with zero attached hydrogens (tertiary/aromatic N) is 2. The quantitative estimate of drug-likeness (QED) is 0.795. The first kappa shape index (κ1) is 14.3. The van der Waals surface area contributed by atoms with Gasteiger partial charge in [-0.3, -0.25) is 0 Å². The van der Waals surface area contributed by atoms with E-state index < -0.39 is 0 Å². The van der Waals surface area contributed by atoms with E-state index in [1.54, 1.807) is 0 Å². The van der Waals surface area contributed by atoms with Crippen LogP contribution in [-0.2, 0) is 4.74 Å². The van der Waals surface area contributed by atoms with Gasteiger partial charge in [0.05, 0.1) is 12.8 Å². The lowest BCUT2D eigenvalue weighted by atomic mass is 9.93. The van der Waals surface area contributed by atoms with Gasteiger partial charge in [-0.25, -0.2) is 9.78 Å². The summed E-state index contributed by atoms with van der Waals surface area (Å²) < 4.78 is 4.78. The second-order valence-corrected chi connectivity index (χ2v) is 6.10. The first-order chi connectivity index (χ1) is 9.15. The van der Waals surface area contributed by atoms with E-state index in [0.717, 1.165) is 29.8 Å². The topological polar surface area (TPSA) is 42.4 Å². The fourth-order valence-corrected chi connectivity index (χ4v) is 3.66. The number of esters is 1. The van der Waals surface area contributed by atoms with Crippen LogP contribution in [-0.4, -0.2) is 31.2 Å². The van der Waals surface area contributed by atoms with Gasteiger partial charge in [0.1, 0.15) is 4.88 Å². The monoisotopic (exact) mass is 282 g/mol. The van der Waals surface area contributed by atoms with Gasteiger partial charge >= 0.3 is 5.97 Å². The maximum absolute atomic E-state index is 11.6. The zero-order valence-corrected chi connectivity index (χ0v) is 12.8. The molecule has 0 spiro atoms. The van der Waals surface area contributed by atoms with Gasteiger partial charge in [0.25, 0.3) is 0 Å². The molecule has 1 aliphatic heterocycles. The highest BCUT2D eigenvalue weighted by molar-refractivity contribution is 7.17. The van der Waals surface area contributed by atoms with Crippen molar-refractivity contribution in [2.75, 3.05) is 25.1 Å². The molecule has 0 atom stereocenters. The molecule has 1 aromatic rings. The van der Waals surface area contributed by atoms with Crippen molar-refractivity contribution >= 4 is 22.4 Å². The van der Waals surface area contributed by atoms with Crippen LogP contribution in [0, 0.1) is 12.8 Å². The molecule has 0 aliphatic carbocycles. The van der Waals surface area contributed by atoms with E-state index >= 15 is 0 Å². The Morgan fingerprint density at radius 2 is 2.16 bits per heavy atom. The lowest BCUT2D eigenvalue weighted by Crippen LogP contribution is -2.33. The third-order valence-corrected chi connectivity index (χ3v) is 4.94. The predicted molar refractivity (Wildman–Crippen MR) is 78.0 cm³/mol. The number of carbonyl (C=O) groups excluding carboxylic acids is 1. The minimum atomic E-state index is -0.276. The van der Waals surface area contributed by atoms with Crippen molar-refractivity contribution in [3.8, 4) is 0 Å². The molecular weight excluding hydrogens is 260 g/mol. The number of methoxy groups -OCH3 is 1. The van der Waals surface area contributed by atoms with Gasteiger partial charge in [0.15, 0.2) is 5.13 Å². The molecule has 1 saturated heterocycles. The number of ether oxygens (including phenoxy) is 1. The highest BCUT2D eigenvalue weighted by Crippen LogP contribution is 2.31. The standard InChI is InChI=1S/C14H22N2O2S/c1-4-5-11-6-8-16(9-7-11)14-15-10(2)12(19-14)13(17)18-3/h11H,4-9H2,1-3H3. The molecule has 0 saturated carbocycles. The van der Waals surface area contributed by atoms with Crippen molar-refractivity contribution in [3.05, 3.63) is 10.6 Å². The van der Waals surface area contributed by atoms with Gasteiger partial charge in [-0.2, -0.15) is 0 Å². The van der Waals surface area contributed by atoms with Crippen molar-refractivity contribution in [3.63, 3.8) is 0 Å². The molecule has 1 aromatic heterocycles. The number of aromatic nitrogens is 1. The van der Waals surface area contributed by atoms with Crippen LogP contribution in [0.3, 0.4) is 0 Å². The second kappa shape index (κ2) is 6.37. The molecule has 0 aromatic carbocycles. The average Bonchev–Trinajstić information content (AvgIpc) is 2.81. The predicted octanol–water partition coefficient (Wildman–Crippen LogP) is 3.25. The van der Waals surface area contributed by atoms with E-state index in [1.807, 2.05) is 6.92 Å². The summed E-state index contributed by atoms with van der Waals surface area (Å²) >= 11 is 1.45. The summed E-state index contributed by atoms with van der Waals surface area (Å²) in [5.74, 6) is 0.588. The van der Waals surface area contributed by atoms with Crippen LogP contribution in [0.25, 0.3) is 0 Å². The van der Waals surface area contributed by atoms with Crippen LogP contribution < -0.4 is 4.90 Å². The maximum Gasteiger partial charge on any atom is 0.350 e. The molecule has 0 radical (unpaired) electrons. The van der Waals surface area contributed by atoms with E-state index in [1.165, 1.54) is 44.1 Å². The Hall–Kier alpha value is -1.10. The third-order valence-electron chi connectivity index (χ3n) is 3.74. The van der Waals surface area contributed by atoms with E-state index in [4.69, 9.17) is 4.74 Å². The molecular formula is C14H22N2O2S. The van der Waals surface area contributed by atoms with Crippen molar-refractivity contribution in [1.82, 2.24) is 4.98 Å². The number of anilines is 1. The summed E-state index contributed by atoms with van der Waals surface area (Å²) in [5, 5.41) is 0.966. The van der Waals surface area contributed by atoms with Crippen LogP contribution in [0.4, 0.5) is 5.13 Å². The average molecular weight is 282 g/mol. The van der Waals surface area contributed by atoms with Crippen molar-refractivity contribution in [2.45, 2.75) is 39.5 Å². The lowest BCUT2D eigenvalue weighted by Gasteiger charge is -2.31. The van der Waals surface area contributed by atoms with Gasteiger partial charge in [0.2, 0.25) is 0 Å². The molecule has 1 fully saturated rings. The molecule has 0 unspecified atom stereocenters. The second-order valence-electron chi connectivity index (χ2n) is 5.12. The van der Waals surface area contributed by atoms with Gasteiger partial charge in [0, 0.05) is 13.1 Å². The zero-order chi connectivity index (χ0) is 13.8. The maximum atomic E-state index is 11.6. The Morgan fingerprint density at radius 1 is 1.47 bits per heavy atom. The Morgan fingerprint density at radius 3 is 2.74 bits per heavy atom. The van der Waals surface area contributed by atoms with Crippen molar-refractivity contribution in [2.24, 2.45) is 5.92 Å². The number of aryl methyl sites for hydroxylation is 1. The Balaban J connectivity index is 2.02. The largest absolute Gasteiger partial charge is 0.465 e. The number of hydrogen-bond donors (Lipinski definition) is 0. The van der Waals surface area contributed by atoms with Crippen molar-refractivity contribution < 1.29 is 9.53 Å². The Bertz CT molecular complexity index is 437. The molecule has 2 rings (SSSR count). The van der Waals surface area contributed by atoms with Gasteiger partial charge in [-0.1, -0.05) is 31.1 Å². The first-order valence-electron chi connectivity index (χ1n) is 6.96. The summed E-state index contributed by atoms with van der Waals surface area (Å²) in [5.41, 5.74) is 0.780. The number of piperidine rings is 1.